The number of hydrogen-bond donors (Lipinski definition) is 2. The van der Waals surface area contributed by atoms with E-state index >= 15 is 0 Å². The van der Waals surface area contributed by atoms with Crippen LogP contribution in [0, 0.1) is 12.8 Å². The average Bonchev–Trinajstić information content (AvgIpc) is 3.15. The topological polar surface area (TPSA) is 88.9 Å². The first-order valence-electron chi connectivity index (χ1n) is 10.6. The lowest BCUT2D eigenvalue weighted by Gasteiger charge is -2.21. The van der Waals surface area contributed by atoms with E-state index in [-0.39, 0.29) is 29.5 Å². The van der Waals surface area contributed by atoms with Crippen molar-refractivity contribution >= 4 is 23.6 Å². The second kappa shape index (κ2) is 10.9. The Morgan fingerprint density at radius 2 is 1.72 bits per heavy atom. The number of hydrogen-bond acceptors (Lipinski definition) is 5. The summed E-state index contributed by atoms with van der Waals surface area (Å²) in [6.45, 7) is 6.53. The van der Waals surface area contributed by atoms with E-state index in [0.717, 1.165) is 11.1 Å². The minimum Gasteiger partial charge on any atom is -0.351 e. The predicted molar refractivity (Wildman–Crippen MR) is 126 cm³/mol. The van der Waals surface area contributed by atoms with Gasteiger partial charge in [-0.3, -0.25) is 9.59 Å². The van der Waals surface area contributed by atoms with E-state index in [1.807, 2.05) is 87.0 Å². The van der Waals surface area contributed by atoms with Crippen molar-refractivity contribution in [2.24, 2.45) is 13.0 Å². The smallest absolute Gasteiger partial charge is 0.251 e. The van der Waals surface area contributed by atoms with Crippen LogP contribution in [0.3, 0.4) is 0 Å². The molecule has 3 aromatic rings. The fraction of sp³-hybridized carbons (Fsp3) is 0.333. The Kier molecular flexibility index (Phi) is 8.05. The highest BCUT2D eigenvalue weighted by Gasteiger charge is 2.25. The number of rotatable bonds is 9. The molecule has 0 bridgehead atoms. The van der Waals surface area contributed by atoms with Gasteiger partial charge in [0.15, 0.2) is 11.0 Å². The number of carbonyl (C=O) groups excluding carboxylic acids is 2. The van der Waals surface area contributed by atoms with Crippen LogP contribution >= 0.6 is 11.8 Å². The van der Waals surface area contributed by atoms with E-state index < -0.39 is 0 Å². The maximum absolute atomic E-state index is 12.7. The largest absolute Gasteiger partial charge is 0.351 e. The molecule has 0 aliphatic carbocycles. The molecule has 0 spiro atoms. The first-order valence-corrected chi connectivity index (χ1v) is 11.5. The summed E-state index contributed by atoms with van der Waals surface area (Å²) in [5.41, 5.74) is 2.76. The van der Waals surface area contributed by atoms with Gasteiger partial charge in [0, 0.05) is 19.2 Å². The Hall–Kier alpha value is -3.13. The van der Waals surface area contributed by atoms with E-state index in [0.29, 0.717) is 23.1 Å². The van der Waals surface area contributed by atoms with Crippen LogP contribution < -0.4 is 10.6 Å². The number of aryl methyl sites for hydroxylation is 1. The number of amides is 2. The van der Waals surface area contributed by atoms with Gasteiger partial charge in [-0.05, 0) is 30.5 Å². The fourth-order valence-corrected chi connectivity index (χ4v) is 3.91. The van der Waals surface area contributed by atoms with E-state index in [9.17, 15) is 9.59 Å². The minimum atomic E-state index is -0.303. The van der Waals surface area contributed by atoms with Crippen molar-refractivity contribution in [1.29, 1.82) is 0 Å². The molecule has 168 valence electrons. The Morgan fingerprint density at radius 1 is 1.03 bits per heavy atom. The number of aromatic nitrogens is 3. The van der Waals surface area contributed by atoms with E-state index in [1.54, 1.807) is 0 Å². The number of nitrogens with zero attached hydrogens (tertiary/aromatic N) is 3. The van der Waals surface area contributed by atoms with Crippen molar-refractivity contribution in [1.82, 2.24) is 25.4 Å². The highest BCUT2D eigenvalue weighted by Crippen LogP contribution is 2.24. The van der Waals surface area contributed by atoms with Crippen molar-refractivity contribution in [3.8, 4) is 0 Å². The molecule has 0 saturated heterocycles. The zero-order chi connectivity index (χ0) is 23.1. The molecule has 8 heteroatoms. The molecule has 1 aromatic heterocycles. The SMILES string of the molecule is Cc1ccc(C(=O)N[C@H](c2nnc(SCC(=O)NCc3ccccc3)n2C)C(C)C)cc1. The van der Waals surface area contributed by atoms with E-state index in [2.05, 4.69) is 20.8 Å². The highest BCUT2D eigenvalue weighted by atomic mass is 32.2. The van der Waals surface area contributed by atoms with Gasteiger partial charge in [0.2, 0.25) is 5.91 Å². The average molecular weight is 452 g/mol. The molecular weight excluding hydrogens is 422 g/mol. The maximum atomic E-state index is 12.7. The van der Waals surface area contributed by atoms with Crippen LogP contribution in [0.2, 0.25) is 0 Å². The number of carbonyl (C=O) groups is 2. The van der Waals surface area contributed by atoms with Gasteiger partial charge in [-0.2, -0.15) is 0 Å². The third-order valence-electron chi connectivity index (χ3n) is 5.08. The molecule has 1 atom stereocenters. The van der Waals surface area contributed by atoms with Gasteiger partial charge in [0.1, 0.15) is 0 Å². The molecule has 0 radical (unpaired) electrons. The molecule has 0 unspecified atom stereocenters. The van der Waals surface area contributed by atoms with Crippen molar-refractivity contribution < 1.29 is 9.59 Å². The van der Waals surface area contributed by atoms with Gasteiger partial charge in [-0.15, -0.1) is 10.2 Å². The molecule has 1 heterocycles. The Balaban J connectivity index is 1.61. The summed E-state index contributed by atoms with van der Waals surface area (Å²) >= 11 is 1.32. The second-order valence-corrected chi connectivity index (χ2v) is 8.95. The van der Waals surface area contributed by atoms with Crippen molar-refractivity contribution in [2.75, 3.05) is 5.75 Å². The summed E-state index contributed by atoms with van der Waals surface area (Å²) in [5, 5.41) is 15.2. The van der Waals surface area contributed by atoms with Crippen molar-refractivity contribution in [3.63, 3.8) is 0 Å². The quantitative estimate of drug-likeness (QED) is 0.485. The van der Waals surface area contributed by atoms with Crippen LogP contribution in [-0.4, -0.2) is 32.3 Å². The first kappa shape index (κ1) is 23.5. The van der Waals surface area contributed by atoms with Gasteiger partial charge >= 0.3 is 0 Å². The van der Waals surface area contributed by atoms with Crippen LogP contribution in [0.1, 0.15) is 47.2 Å². The summed E-state index contributed by atoms with van der Waals surface area (Å²) in [6, 6.07) is 16.9. The van der Waals surface area contributed by atoms with Gasteiger partial charge in [-0.25, -0.2) is 0 Å². The summed E-state index contributed by atoms with van der Waals surface area (Å²) in [5.74, 6) is 0.783. The van der Waals surface area contributed by atoms with Crippen LogP contribution in [0.5, 0.6) is 0 Å². The molecule has 2 N–H and O–H groups in total. The monoisotopic (exact) mass is 451 g/mol. The standard InChI is InChI=1S/C24H29N5O2S/c1-16(2)21(26-23(31)19-12-10-17(3)11-13-19)22-27-28-24(29(22)4)32-15-20(30)25-14-18-8-6-5-7-9-18/h5-13,16,21H,14-15H2,1-4H3,(H,25,30)(H,26,31)/t21-/m0/s1. The molecule has 32 heavy (non-hydrogen) atoms. The molecule has 2 amide bonds. The number of benzene rings is 2. The molecule has 0 saturated carbocycles. The van der Waals surface area contributed by atoms with E-state index in [4.69, 9.17) is 0 Å². The third-order valence-corrected chi connectivity index (χ3v) is 6.10. The molecule has 2 aromatic carbocycles. The normalized spacial score (nSPS) is 11.9. The van der Waals surface area contributed by atoms with Crippen molar-refractivity contribution in [2.45, 2.75) is 38.5 Å². The fourth-order valence-electron chi connectivity index (χ4n) is 3.16. The molecular formula is C24H29N5O2S. The number of thioether (sulfide) groups is 1. The molecule has 0 aliphatic rings. The lowest BCUT2D eigenvalue weighted by atomic mass is 10.0. The maximum Gasteiger partial charge on any atom is 0.251 e. The van der Waals surface area contributed by atoms with Crippen LogP contribution in [0.4, 0.5) is 0 Å². The van der Waals surface area contributed by atoms with Crippen LogP contribution in [0.15, 0.2) is 59.8 Å². The summed E-state index contributed by atoms with van der Waals surface area (Å²) in [7, 11) is 1.85. The van der Waals surface area contributed by atoms with Gasteiger partial charge in [0.25, 0.3) is 5.91 Å². The third kappa shape index (κ3) is 6.20. The Labute approximate surface area is 193 Å². The lowest BCUT2D eigenvalue weighted by molar-refractivity contribution is -0.118. The molecule has 0 aliphatic heterocycles. The highest BCUT2D eigenvalue weighted by molar-refractivity contribution is 7.99. The van der Waals surface area contributed by atoms with Crippen LogP contribution in [0.25, 0.3) is 0 Å². The summed E-state index contributed by atoms with van der Waals surface area (Å²) < 4.78 is 1.84. The first-order chi connectivity index (χ1) is 15.3. The molecule has 3 rings (SSSR count). The Bertz CT molecular complexity index is 1050. The predicted octanol–water partition coefficient (Wildman–Crippen LogP) is 3.66. The summed E-state index contributed by atoms with van der Waals surface area (Å²) in [4.78, 5) is 25.0. The van der Waals surface area contributed by atoms with Gasteiger partial charge in [-0.1, -0.05) is 73.6 Å². The van der Waals surface area contributed by atoms with Gasteiger partial charge < -0.3 is 15.2 Å². The van der Waals surface area contributed by atoms with Crippen LogP contribution in [-0.2, 0) is 18.4 Å². The zero-order valence-corrected chi connectivity index (χ0v) is 19.6. The minimum absolute atomic E-state index is 0.0727. The van der Waals surface area contributed by atoms with Gasteiger partial charge in [0.05, 0.1) is 11.8 Å². The Morgan fingerprint density at radius 3 is 2.38 bits per heavy atom. The molecule has 0 fully saturated rings. The zero-order valence-electron chi connectivity index (χ0n) is 18.8. The summed E-state index contributed by atoms with van der Waals surface area (Å²) in [6.07, 6.45) is 0. The van der Waals surface area contributed by atoms with E-state index in [1.165, 1.54) is 11.8 Å². The lowest BCUT2D eigenvalue weighted by Crippen LogP contribution is -2.33. The second-order valence-electron chi connectivity index (χ2n) is 8.01. The number of nitrogens with one attached hydrogen (secondary N) is 2. The molecule has 7 nitrogen and oxygen atoms in total. The van der Waals surface area contributed by atoms with Crippen molar-refractivity contribution in [3.05, 3.63) is 77.1 Å².